The van der Waals surface area contributed by atoms with Gasteiger partial charge in [-0.3, -0.25) is 0 Å². The minimum absolute atomic E-state index is 0.684. The fraction of sp³-hybridized carbons (Fsp3) is 0.889. The van der Waals surface area contributed by atoms with E-state index in [4.69, 9.17) is 17.0 Å². The molecule has 84 valence electrons. The van der Waals surface area contributed by atoms with Crippen LogP contribution in [0.5, 0.6) is 0 Å². The van der Waals surface area contributed by atoms with Crippen LogP contribution in [0, 0.1) is 0 Å². The van der Waals surface area contributed by atoms with E-state index in [1.54, 1.807) is 7.11 Å². The van der Waals surface area contributed by atoms with Crippen LogP contribution in [0.25, 0.3) is 0 Å². The van der Waals surface area contributed by atoms with Gasteiger partial charge in [-0.2, -0.15) is 11.8 Å². The predicted molar refractivity (Wildman–Crippen MR) is 68.1 cm³/mol. The van der Waals surface area contributed by atoms with Crippen molar-refractivity contribution in [1.82, 2.24) is 10.6 Å². The third kappa shape index (κ3) is 8.59. The molecule has 0 spiro atoms. The first-order valence-corrected chi connectivity index (χ1v) is 6.43. The van der Waals surface area contributed by atoms with Crippen LogP contribution in [0.1, 0.15) is 13.3 Å². The van der Waals surface area contributed by atoms with E-state index in [0.717, 1.165) is 24.6 Å². The van der Waals surface area contributed by atoms with Crippen molar-refractivity contribution in [2.24, 2.45) is 0 Å². The Morgan fingerprint density at radius 3 is 2.64 bits per heavy atom. The van der Waals surface area contributed by atoms with Gasteiger partial charge in [0.25, 0.3) is 0 Å². The first-order valence-electron chi connectivity index (χ1n) is 4.74. The van der Waals surface area contributed by atoms with Crippen LogP contribution < -0.4 is 10.6 Å². The lowest BCUT2D eigenvalue weighted by Crippen LogP contribution is -2.37. The van der Waals surface area contributed by atoms with Crippen LogP contribution in [0.3, 0.4) is 0 Å². The third-order valence-electron chi connectivity index (χ3n) is 1.83. The molecule has 2 N–H and O–H groups in total. The van der Waals surface area contributed by atoms with Gasteiger partial charge in [0.15, 0.2) is 5.11 Å². The summed E-state index contributed by atoms with van der Waals surface area (Å²) in [5.41, 5.74) is 0. The molecule has 1 atom stereocenters. The molecule has 0 rings (SSSR count). The lowest BCUT2D eigenvalue weighted by Gasteiger charge is -2.12. The number of rotatable bonds is 7. The van der Waals surface area contributed by atoms with E-state index in [1.807, 2.05) is 11.8 Å². The van der Waals surface area contributed by atoms with Crippen molar-refractivity contribution < 1.29 is 4.74 Å². The maximum absolute atomic E-state index is 5.07. The summed E-state index contributed by atoms with van der Waals surface area (Å²) in [6.07, 6.45) is 3.26. The Morgan fingerprint density at radius 1 is 1.43 bits per heavy atom. The lowest BCUT2D eigenvalue weighted by molar-refractivity contribution is 0.204. The minimum Gasteiger partial charge on any atom is -0.383 e. The van der Waals surface area contributed by atoms with Gasteiger partial charge >= 0.3 is 0 Å². The summed E-state index contributed by atoms with van der Waals surface area (Å²) in [7, 11) is 1.68. The number of thioether (sulfide) groups is 1. The van der Waals surface area contributed by atoms with Crippen molar-refractivity contribution in [3.05, 3.63) is 0 Å². The maximum Gasteiger partial charge on any atom is 0.166 e. The van der Waals surface area contributed by atoms with E-state index in [9.17, 15) is 0 Å². The van der Waals surface area contributed by atoms with Crippen LogP contribution in [-0.2, 0) is 4.74 Å². The van der Waals surface area contributed by atoms with Crippen molar-refractivity contribution >= 4 is 29.1 Å². The molecule has 0 aliphatic rings. The number of thiocarbonyl (C=S) groups is 1. The van der Waals surface area contributed by atoms with Crippen LogP contribution >= 0.6 is 24.0 Å². The highest BCUT2D eigenvalue weighted by Gasteiger charge is 1.99. The van der Waals surface area contributed by atoms with Crippen molar-refractivity contribution in [1.29, 1.82) is 0 Å². The topological polar surface area (TPSA) is 33.3 Å². The van der Waals surface area contributed by atoms with Gasteiger partial charge in [-0.05, 0) is 24.9 Å². The second-order valence-electron chi connectivity index (χ2n) is 3.01. The third-order valence-corrected chi connectivity index (χ3v) is 3.16. The van der Waals surface area contributed by atoms with Gasteiger partial charge in [0, 0.05) is 25.4 Å². The highest BCUT2D eigenvalue weighted by atomic mass is 32.2. The standard InChI is InChI=1S/C9H20N2OS2/c1-8(14-3)4-5-10-9(13)11-6-7-12-2/h8H,4-7H2,1-3H3,(H2,10,11,13). The molecule has 0 amide bonds. The summed E-state index contributed by atoms with van der Waals surface area (Å²) in [5.74, 6) is 0. The molecule has 0 aromatic carbocycles. The lowest BCUT2D eigenvalue weighted by atomic mass is 10.3. The smallest absolute Gasteiger partial charge is 0.166 e. The molecule has 0 radical (unpaired) electrons. The molecular weight excluding hydrogens is 216 g/mol. The van der Waals surface area contributed by atoms with Gasteiger partial charge in [0.1, 0.15) is 0 Å². The number of hydrogen-bond acceptors (Lipinski definition) is 3. The van der Waals surface area contributed by atoms with E-state index < -0.39 is 0 Å². The number of methoxy groups -OCH3 is 1. The fourth-order valence-corrected chi connectivity index (χ4v) is 1.39. The second-order valence-corrected chi connectivity index (χ2v) is 4.69. The van der Waals surface area contributed by atoms with E-state index in [1.165, 1.54) is 0 Å². The highest BCUT2D eigenvalue weighted by molar-refractivity contribution is 7.99. The molecule has 0 saturated carbocycles. The quantitative estimate of drug-likeness (QED) is 0.513. The summed E-state index contributed by atoms with van der Waals surface area (Å²) in [6, 6.07) is 0. The number of hydrogen-bond donors (Lipinski definition) is 2. The summed E-state index contributed by atoms with van der Waals surface area (Å²) in [5, 5.41) is 7.62. The monoisotopic (exact) mass is 236 g/mol. The molecular formula is C9H20N2OS2. The van der Waals surface area contributed by atoms with Crippen molar-refractivity contribution in [2.75, 3.05) is 33.1 Å². The molecule has 0 aromatic heterocycles. The Labute approximate surface area is 96.4 Å². The molecule has 0 heterocycles. The van der Waals surface area contributed by atoms with Crippen LogP contribution in [0.2, 0.25) is 0 Å². The molecule has 14 heavy (non-hydrogen) atoms. The Balaban J connectivity index is 3.26. The minimum atomic E-state index is 0.684. The average molecular weight is 236 g/mol. The van der Waals surface area contributed by atoms with E-state index in [-0.39, 0.29) is 0 Å². The van der Waals surface area contributed by atoms with Gasteiger partial charge in [-0.25, -0.2) is 0 Å². The molecule has 0 aliphatic heterocycles. The molecule has 0 saturated heterocycles. The number of ether oxygens (including phenoxy) is 1. The molecule has 3 nitrogen and oxygen atoms in total. The summed E-state index contributed by atoms with van der Waals surface area (Å²) >= 11 is 6.95. The summed E-state index contributed by atoms with van der Waals surface area (Å²) < 4.78 is 4.90. The highest BCUT2D eigenvalue weighted by Crippen LogP contribution is 2.07. The molecule has 0 bridgehead atoms. The van der Waals surface area contributed by atoms with Gasteiger partial charge in [0.05, 0.1) is 6.61 Å². The van der Waals surface area contributed by atoms with Gasteiger partial charge in [-0.1, -0.05) is 6.92 Å². The second kappa shape index (κ2) is 9.55. The molecule has 0 fully saturated rings. The Morgan fingerprint density at radius 2 is 2.07 bits per heavy atom. The Kier molecular flexibility index (Phi) is 9.55. The molecule has 0 aromatic rings. The van der Waals surface area contributed by atoms with E-state index in [0.29, 0.717) is 11.9 Å². The van der Waals surface area contributed by atoms with Crippen LogP contribution in [0.15, 0.2) is 0 Å². The van der Waals surface area contributed by atoms with Gasteiger partial charge in [-0.15, -0.1) is 0 Å². The fourth-order valence-electron chi connectivity index (χ4n) is 0.836. The largest absolute Gasteiger partial charge is 0.383 e. The van der Waals surface area contributed by atoms with E-state index >= 15 is 0 Å². The molecule has 5 heteroatoms. The predicted octanol–water partition coefficient (Wildman–Crippen LogP) is 1.24. The zero-order valence-electron chi connectivity index (χ0n) is 9.13. The first kappa shape index (κ1) is 14.0. The van der Waals surface area contributed by atoms with Gasteiger partial charge in [0.2, 0.25) is 0 Å². The zero-order chi connectivity index (χ0) is 10.8. The van der Waals surface area contributed by atoms with Crippen molar-refractivity contribution in [2.45, 2.75) is 18.6 Å². The van der Waals surface area contributed by atoms with Crippen LogP contribution in [-0.4, -0.2) is 43.4 Å². The Bertz CT molecular complexity index is 156. The van der Waals surface area contributed by atoms with E-state index in [2.05, 4.69) is 23.8 Å². The van der Waals surface area contributed by atoms with Crippen LogP contribution in [0.4, 0.5) is 0 Å². The Hall–Kier alpha value is 0. The first-order chi connectivity index (χ1) is 6.70. The normalized spacial score (nSPS) is 12.2. The summed E-state index contributed by atoms with van der Waals surface area (Å²) in [6.45, 7) is 4.60. The summed E-state index contributed by atoms with van der Waals surface area (Å²) in [4.78, 5) is 0. The number of nitrogens with one attached hydrogen (secondary N) is 2. The SMILES string of the molecule is COCCNC(=S)NCCC(C)SC. The van der Waals surface area contributed by atoms with Crippen molar-refractivity contribution in [3.63, 3.8) is 0 Å². The average Bonchev–Trinajstić information content (AvgIpc) is 2.18. The maximum atomic E-state index is 5.07. The van der Waals surface area contributed by atoms with Crippen molar-refractivity contribution in [3.8, 4) is 0 Å². The molecule has 1 unspecified atom stereocenters. The van der Waals surface area contributed by atoms with Gasteiger partial charge < -0.3 is 15.4 Å². The molecule has 0 aliphatic carbocycles. The zero-order valence-corrected chi connectivity index (χ0v) is 10.8.